The van der Waals surface area contributed by atoms with Crippen LogP contribution >= 0.6 is 11.6 Å². The van der Waals surface area contributed by atoms with E-state index in [0.717, 1.165) is 6.92 Å². The van der Waals surface area contributed by atoms with Crippen LogP contribution in [0.15, 0.2) is 48.7 Å². The van der Waals surface area contributed by atoms with Crippen LogP contribution < -0.4 is 10.5 Å². The number of nitrogens with zero attached hydrogens (tertiary/aromatic N) is 2. The van der Waals surface area contributed by atoms with Gasteiger partial charge in [-0.3, -0.25) is 4.79 Å². The van der Waals surface area contributed by atoms with Gasteiger partial charge in [-0.1, -0.05) is 41.9 Å². The summed E-state index contributed by atoms with van der Waals surface area (Å²) in [7, 11) is -5.82. The van der Waals surface area contributed by atoms with E-state index in [0.29, 0.717) is 0 Å². The quantitative estimate of drug-likeness (QED) is 0.491. The van der Waals surface area contributed by atoms with Crippen LogP contribution in [-0.2, 0) is 16.6 Å². The molecule has 1 aromatic carbocycles. The van der Waals surface area contributed by atoms with Gasteiger partial charge in [0.15, 0.2) is 0 Å². The molecule has 12 heteroatoms. The maximum atomic E-state index is 13.2. The largest absolute Gasteiger partial charge is 0.511 e. The maximum Gasteiger partial charge on any atom is 0.511 e. The molecule has 29 heavy (non-hydrogen) atoms. The van der Waals surface area contributed by atoms with E-state index in [1.165, 1.54) is 30.5 Å². The zero-order chi connectivity index (χ0) is 21.9. The van der Waals surface area contributed by atoms with Gasteiger partial charge in [0, 0.05) is 12.7 Å². The fourth-order valence-electron chi connectivity index (χ4n) is 2.34. The zero-order valence-electron chi connectivity index (χ0n) is 15.1. The molecular formula is C17H17ClF3N3O4S. The van der Waals surface area contributed by atoms with Crippen molar-refractivity contribution in [3.63, 3.8) is 0 Å². The van der Waals surface area contributed by atoms with Crippen molar-refractivity contribution in [1.29, 1.82) is 0 Å². The molecule has 0 radical (unpaired) electrons. The van der Waals surface area contributed by atoms with Crippen molar-refractivity contribution in [2.75, 3.05) is 6.61 Å². The second-order valence-electron chi connectivity index (χ2n) is 6.09. The lowest BCUT2D eigenvalue weighted by Crippen LogP contribution is -2.53. The number of ether oxygens (including phenoxy) is 1. The number of hydrogen-bond donors (Lipinski definition) is 1. The number of alkyl halides is 4. The third kappa shape index (κ3) is 5.37. The van der Waals surface area contributed by atoms with Crippen LogP contribution in [0.25, 0.3) is 0 Å². The average molecular weight is 452 g/mol. The second kappa shape index (κ2) is 8.56. The molecule has 0 aliphatic heterocycles. The summed E-state index contributed by atoms with van der Waals surface area (Å²) in [5.41, 5.74) is -0.238. The summed E-state index contributed by atoms with van der Waals surface area (Å²) in [5.74, 6) is -1.16. The minimum absolute atomic E-state index is 0.0871. The number of halogens is 4. The molecular weight excluding hydrogens is 435 g/mol. The molecule has 1 amide bonds. The van der Waals surface area contributed by atoms with Crippen LogP contribution in [0.1, 0.15) is 22.8 Å². The van der Waals surface area contributed by atoms with E-state index >= 15 is 0 Å². The number of hydrogen-bond acceptors (Lipinski definition) is 5. The summed E-state index contributed by atoms with van der Waals surface area (Å²) in [6, 6.07) is 10.3. The number of amides is 1. The number of nitrogens with two attached hydrogens (primary N) is 1. The van der Waals surface area contributed by atoms with E-state index in [1.807, 2.05) is 0 Å². The number of aromatic nitrogens is 1. The van der Waals surface area contributed by atoms with Crippen molar-refractivity contribution in [2.24, 2.45) is 5.73 Å². The van der Waals surface area contributed by atoms with Crippen molar-refractivity contribution in [1.82, 2.24) is 9.29 Å². The first-order valence-electron chi connectivity index (χ1n) is 8.06. The van der Waals surface area contributed by atoms with Crippen molar-refractivity contribution in [3.05, 3.63) is 59.8 Å². The third-order valence-corrected chi connectivity index (χ3v) is 5.89. The van der Waals surface area contributed by atoms with Gasteiger partial charge in [0.1, 0.15) is 17.2 Å². The Balaban J connectivity index is 2.37. The maximum absolute atomic E-state index is 13.2. The van der Waals surface area contributed by atoms with Gasteiger partial charge in [-0.25, -0.2) is 13.4 Å². The van der Waals surface area contributed by atoms with Crippen LogP contribution in [0.2, 0.25) is 0 Å². The van der Waals surface area contributed by atoms with E-state index in [9.17, 15) is 26.4 Å². The highest BCUT2D eigenvalue weighted by Crippen LogP contribution is 2.35. The van der Waals surface area contributed by atoms with Gasteiger partial charge in [0.25, 0.3) is 5.91 Å². The normalized spacial score (nSPS) is 14.4. The Hall–Kier alpha value is -2.37. The molecule has 0 saturated heterocycles. The molecule has 2 aromatic rings. The Morgan fingerprint density at radius 2 is 1.83 bits per heavy atom. The van der Waals surface area contributed by atoms with Gasteiger partial charge >= 0.3 is 15.5 Å². The summed E-state index contributed by atoms with van der Waals surface area (Å²) in [6.45, 7) is -0.349. The lowest BCUT2D eigenvalue weighted by molar-refractivity contribution is -0.0515. The Labute approximate surface area is 170 Å². The fraction of sp³-hybridized carbons (Fsp3) is 0.294. The minimum Gasteiger partial charge on any atom is -0.474 e. The lowest BCUT2D eigenvalue weighted by Gasteiger charge is -2.35. The fourth-order valence-corrected chi connectivity index (χ4v) is 3.85. The van der Waals surface area contributed by atoms with Gasteiger partial charge in [0.2, 0.25) is 5.88 Å². The summed E-state index contributed by atoms with van der Waals surface area (Å²) in [5, 5.41) is 0. The standard InChI is InChI=1S/C17H17ClF3N3O4S/c1-16(18,11-28-15-13(14(22)25)8-5-9-23-15)24(29(26,27)17(19,20)21)10-12-6-3-2-4-7-12/h2-9H,10-11H2,1H3,(H2,22,25)/t16-/m1/s1. The summed E-state index contributed by atoms with van der Waals surface area (Å²) in [6.07, 6.45) is 1.27. The van der Waals surface area contributed by atoms with E-state index in [-0.39, 0.29) is 21.3 Å². The second-order valence-corrected chi connectivity index (χ2v) is 8.76. The topological polar surface area (TPSA) is 103 Å². The SMILES string of the molecule is C[C@](Cl)(COc1ncccc1C(N)=O)N(Cc1ccccc1)S(=O)(=O)C(F)(F)F. The molecule has 1 atom stereocenters. The summed E-state index contributed by atoms with van der Waals surface area (Å²) < 4.78 is 69.4. The van der Waals surface area contributed by atoms with Crippen LogP contribution in [0, 0.1) is 0 Å². The number of benzene rings is 1. The highest BCUT2D eigenvalue weighted by atomic mass is 35.5. The Morgan fingerprint density at radius 3 is 2.38 bits per heavy atom. The predicted molar refractivity (Wildman–Crippen MR) is 99.5 cm³/mol. The van der Waals surface area contributed by atoms with Crippen molar-refractivity contribution >= 4 is 27.5 Å². The van der Waals surface area contributed by atoms with Crippen molar-refractivity contribution in [3.8, 4) is 5.88 Å². The highest BCUT2D eigenvalue weighted by molar-refractivity contribution is 7.90. The first-order valence-corrected chi connectivity index (χ1v) is 9.87. The van der Waals surface area contributed by atoms with E-state index in [4.69, 9.17) is 22.1 Å². The van der Waals surface area contributed by atoms with Crippen LogP contribution in [0.5, 0.6) is 5.88 Å². The summed E-state index contributed by atoms with van der Waals surface area (Å²) >= 11 is 6.20. The number of sulfonamides is 1. The molecule has 0 spiro atoms. The highest BCUT2D eigenvalue weighted by Gasteiger charge is 2.55. The van der Waals surface area contributed by atoms with E-state index in [1.54, 1.807) is 18.2 Å². The molecule has 2 N–H and O–H groups in total. The van der Waals surface area contributed by atoms with Crippen molar-refractivity contribution in [2.45, 2.75) is 24.0 Å². The molecule has 0 unspecified atom stereocenters. The number of rotatable bonds is 8. The predicted octanol–water partition coefficient (Wildman–Crippen LogP) is 2.87. The average Bonchev–Trinajstić information content (AvgIpc) is 2.64. The Morgan fingerprint density at radius 1 is 1.21 bits per heavy atom. The Kier molecular flexibility index (Phi) is 6.76. The van der Waals surface area contributed by atoms with Gasteiger partial charge in [0.05, 0.1) is 0 Å². The summed E-state index contributed by atoms with van der Waals surface area (Å²) in [4.78, 5) is 13.0. The van der Waals surface area contributed by atoms with E-state index in [2.05, 4.69) is 4.98 Å². The number of primary amides is 1. The zero-order valence-corrected chi connectivity index (χ0v) is 16.6. The van der Waals surface area contributed by atoms with Gasteiger partial charge in [-0.2, -0.15) is 17.5 Å². The molecule has 0 aliphatic carbocycles. The first-order chi connectivity index (χ1) is 13.4. The van der Waals surface area contributed by atoms with Crippen molar-refractivity contribution < 1.29 is 31.1 Å². The monoisotopic (exact) mass is 451 g/mol. The minimum atomic E-state index is -5.82. The van der Waals surface area contributed by atoms with Gasteiger partial charge in [-0.15, -0.1) is 0 Å². The van der Waals surface area contributed by atoms with Gasteiger partial charge < -0.3 is 10.5 Å². The smallest absolute Gasteiger partial charge is 0.474 e. The number of pyridine rings is 1. The molecule has 1 heterocycles. The van der Waals surface area contributed by atoms with E-state index < -0.39 is 39.6 Å². The van der Waals surface area contributed by atoms with Crippen LogP contribution in [0.4, 0.5) is 13.2 Å². The van der Waals surface area contributed by atoms with Crippen LogP contribution in [-0.4, -0.2) is 40.7 Å². The van der Waals surface area contributed by atoms with Gasteiger partial charge in [-0.05, 0) is 24.6 Å². The molecule has 0 fully saturated rings. The molecule has 2 rings (SSSR count). The lowest BCUT2D eigenvalue weighted by atomic mass is 10.2. The molecule has 0 bridgehead atoms. The Bertz CT molecular complexity index is 969. The molecule has 1 aromatic heterocycles. The first kappa shape index (κ1) is 22.9. The molecule has 0 saturated carbocycles. The molecule has 0 aliphatic rings. The molecule has 7 nitrogen and oxygen atoms in total. The van der Waals surface area contributed by atoms with Crippen LogP contribution in [0.3, 0.4) is 0 Å². The number of carbonyl (C=O) groups is 1. The third-order valence-electron chi connectivity index (χ3n) is 3.78. The number of carbonyl (C=O) groups excluding carboxylic acids is 1. The molecule has 158 valence electrons.